The predicted octanol–water partition coefficient (Wildman–Crippen LogP) is 7.43. The number of nitrogens with zero attached hydrogens (tertiary/aromatic N) is 2. The third kappa shape index (κ3) is 5.40. The highest BCUT2D eigenvalue weighted by Gasteiger charge is 2.37. The third-order valence-electron chi connectivity index (χ3n) is 8.11. The van der Waals surface area contributed by atoms with E-state index in [2.05, 4.69) is 69.7 Å². The number of ether oxygens (including phenoxy) is 2. The van der Waals surface area contributed by atoms with Crippen LogP contribution in [0.15, 0.2) is 41.4 Å². The van der Waals surface area contributed by atoms with Crippen molar-refractivity contribution in [1.29, 1.82) is 0 Å². The normalized spacial score (nSPS) is 15.7. The Kier molecular flexibility index (Phi) is 7.67. The van der Waals surface area contributed by atoms with Gasteiger partial charge in [0.15, 0.2) is 8.32 Å². The maximum atomic E-state index is 6.56. The van der Waals surface area contributed by atoms with E-state index in [4.69, 9.17) is 18.9 Å². The van der Waals surface area contributed by atoms with Gasteiger partial charge in [-0.1, -0.05) is 20.8 Å². The van der Waals surface area contributed by atoms with Gasteiger partial charge in [0.2, 0.25) is 0 Å². The van der Waals surface area contributed by atoms with Gasteiger partial charge in [0, 0.05) is 41.0 Å². The minimum atomic E-state index is -1.81. The van der Waals surface area contributed by atoms with Gasteiger partial charge in [-0.3, -0.25) is 4.99 Å². The molecule has 0 atom stereocenters. The van der Waals surface area contributed by atoms with Gasteiger partial charge in [-0.05, 0) is 85.3 Å². The summed E-state index contributed by atoms with van der Waals surface area (Å²) in [5.74, 6) is 1.61. The second kappa shape index (κ2) is 10.4. The third-order valence-corrected chi connectivity index (χ3v) is 12.6. The summed E-state index contributed by atoms with van der Waals surface area (Å²) in [4.78, 5) is 5.12. The van der Waals surface area contributed by atoms with Crippen molar-refractivity contribution in [2.75, 3.05) is 14.2 Å². The van der Waals surface area contributed by atoms with Crippen LogP contribution < -0.4 is 9.47 Å². The Morgan fingerprint density at radius 3 is 2.42 bits per heavy atom. The van der Waals surface area contributed by atoms with Gasteiger partial charge >= 0.3 is 0 Å². The number of hydrogen-bond donors (Lipinski definition) is 0. The van der Waals surface area contributed by atoms with Gasteiger partial charge < -0.3 is 18.5 Å². The van der Waals surface area contributed by atoms with E-state index in [1.807, 2.05) is 12.1 Å². The lowest BCUT2D eigenvalue weighted by Crippen LogP contribution is -2.40. The summed E-state index contributed by atoms with van der Waals surface area (Å²) < 4.78 is 19.8. The number of benzene rings is 2. The van der Waals surface area contributed by atoms with Crippen molar-refractivity contribution in [1.82, 2.24) is 4.57 Å². The highest BCUT2D eigenvalue weighted by atomic mass is 28.4. The standard InChI is InChI=1S/C30H42N2O3Si/c1-30(2,3)36(7,8)35-20-24-15-23-16-26-21(17-28(23)32(24)4)11-9-10-12-27(26)31-19-22-13-14-25(33-5)18-29(22)34-6/h13-18H,9-12,19-20H2,1-8H3. The molecule has 3 aromatic rings. The molecule has 194 valence electrons. The maximum Gasteiger partial charge on any atom is 0.192 e. The first-order valence-electron chi connectivity index (χ1n) is 13.0. The van der Waals surface area contributed by atoms with Crippen LogP contribution in [0.4, 0.5) is 0 Å². The monoisotopic (exact) mass is 506 g/mol. The van der Waals surface area contributed by atoms with Crippen LogP contribution >= 0.6 is 0 Å². The minimum Gasteiger partial charge on any atom is -0.497 e. The van der Waals surface area contributed by atoms with Gasteiger partial charge in [0.05, 0.1) is 27.4 Å². The number of methoxy groups -OCH3 is 2. The topological polar surface area (TPSA) is 45.0 Å². The molecule has 1 heterocycles. The molecule has 0 fully saturated rings. The Labute approximate surface area is 217 Å². The molecule has 0 saturated heterocycles. The summed E-state index contributed by atoms with van der Waals surface area (Å²) >= 11 is 0. The first kappa shape index (κ1) is 26.5. The Bertz CT molecular complexity index is 1270. The molecule has 0 bridgehead atoms. The lowest BCUT2D eigenvalue weighted by molar-refractivity contribution is 0.269. The Balaban J connectivity index is 1.65. The first-order valence-corrected chi connectivity index (χ1v) is 15.9. The van der Waals surface area contributed by atoms with E-state index in [-0.39, 0.29) is 5.04 Å². The van der Waals surface area contributed by atoms with E-state index in [1.165, 1.54) is 39.9 Å². The van der Waals surface area contributed by atoms with Crippen molar-refractivity contribution in [3.8, 4) is 11.5 Å². The highest BCUT2D eigenvalue weighted by Crippen LogP contribution is 2.37. The van der Waals surface area contributed by atoms with Crippen molar-refractivity contribution < 1.29 is 13.9 Å². The molecule has 0 amide bonds. The molecular formula is C30H42N2O3Si. The first-order chi connectivity index (χ1) is 17.0. The smallest absolute Gasteiger partial charge is 0.192 e. The van der Waals surface area contributed by atoms with Gasteiger partial charge in [0.25, 0.3) is 0 Å². The molecule has 1 aliphatic carbocycles. The van der Waals surface area contributed by atoms with Gasteiger partial charge in [0.1, 0.15) is 11.5 Å². The van der Waals surface area contributed by atoms with Gasteiger partial charge in [-0.15, -0.1) is 0 Å². The lowest BCUT2D eigenvalue weighted by Gasteiger charge is -2.36. The molecular weight excluding hydrogens is 464 g/mol. The van der Waals surface area contributed by atoms with Crippen LogP contribution in [0.2, 0.25) is 18.1 Å². The summed E-state index contributed by atoms with van der Waals surface area (Å²) in [6, 6.07) is 13.0. The number of rotatable bonds is 7. The number of aromatic nitrogens is 1. The SMILES string of the molecule is COc1ccc(CN=C2CCCCc3cc4c(cc32)cc(CO[Si](C)(C)C(C)(C)C)n4C)c(OC)c1. The molecule has 0 N–H and O–H groups in total. The summed E-state index contributed by atoms with van der Waals surface area (Å²) in [6.45, 7) is 12.8. The average molecular weight is 507 g/mol. The van der Waals surface area contributed by atoms with E-state index in [0.29, 0.717) is 13.2 Å². The second-order valence-electron chi connectivity index (χ2n) is 11.5. The Hall–Kier alpha value is -2.57. The van der Waals surface area contributed by atoms with Crippen LogP contribution in [-0.4, -0.2) is 32.8 Å². The van der Waals surface area contributed by atoms with Gasteiger partial charge in [-0.25, -0.2) is 0 Å². The zero-order valence-corrected chi connectivity index (χ0v) is 24.3. The second-order valence-corrected chi connectivity index (χ2v) is 16.3. The molecule has 0 spiro atoms. The molecule has 0 aliphatic heterocycles. The maximum absolute atomic E-state index is 6.56. The largest absolute Gasteiger partial charge is 0.497 e. The fourth-order valence-electron chi connectivity index (χ4n) is 4.64. The number of aryl methyl sites for hydroxylation is 2. The summed E-state index contributed by atoms with van der Waals surface area (Å²) in [6.07, 6.45) is 4.45. The molecule has 0 saturated carbocycles. The van der Waals surface area contributed by atoms with E-state index in [1.54, 1.807) is 14.2 Å². The van der Waals surface area contributed by atoms with E-state index >= 15 is 0 Å². The van der Waals surface area contributed by atoms with Gasteiger partial charge in [-0.2, -0.15) is 0 Å². The average Bonchev–Trinajstić information content (AvgIpc) is 3.01. The Morgan fingerprint density at radius 1 is 0.972 bits per heavy atom. The molecule has 36 heavy (non-hydrogen) atoms. The van der Waals surface area contributed by atoms with Crippen LogP contribution in [0.1, 0.15) is 62.4 Å². The van der Waals surface area contributed by atoms with E-state index in [9.17, 15) is 0 Å². The molecule has 6 heteroatoms. The zero-order chi connectivity index (χ0) is 26.1. The fraction of sp³-hybridized carbons (Fsp3) is 0.500. The summed E-state index contributed by atoms with van der Waals surface area (Å²) in [5, 5.41) is 1.47. The quantitative estimate of drug-likeness (QED) is 0.247. The van der Waals surface area contributed by atoms with Crippen LogP contribution in [0.3, 0.4) is 0 Å². The van der Waals surface area contributed by atoms with Crippen LogP contribution in [-0.2, 0) is 31.0 Å². The number of hydrogen-bond acceptors (Lipinski definition) is 4. The van der Waals surface area contributed by atoms with Crippen LogP contribution in [0.5, 0.6) is 11.5 Å². The van der Waals surface area contributed by atoms with Crippen LogP contribution in [0.25, 0.3) is 10.9 Å². The highest BCUT2D eigenvalue weighted by molar-refractivity contribution is 6.74. The molecule has 1 aromatic heterocycles. The van der Waals surface area contributed by atoms with Crippen molar-refractivity contribution in [2.24, 2.45) is 12.0 Å². The molecule has 4 rings (SSSR count). The van der Waals surface area contributed by atoms with E-state index in [0.717, 1.165) is 36.3 Å². The molecule has 0 radical (unpaired) electrons. The number of aliphatic imine (C=N–C) groups is 1. The summed E-state index contributed by atoms with van der Waals surface area (Å²) in [7, 11) is 3.73. The Morgan fingerprint density at radius 2 is 1.72 bits per heavy atom. The van der Waals surface area contributed by atoms with Crippen molar-refractivity contribution in [3.05, 3.63) is 58.8 Å². The van der Waals surface area contributed by atoms with E-state index < -0.39 is 8.32 Å². The predicted molar refractivity (Wildman–Crippen MR) is 152 cm³/mol. The fourth-order valence-corrected chi connectivity index (χ4v) is 5.58. The minimum absolute atomic E-state index is 0.201. The van der Waals surface area contributed by atoms with Crippen LogP contribution in [0, 0.1) is 0 Å². The molecule has 0 unspecified atom stereocenters. The molecule has 5 nitrogen and oxygen atoms in total. The van der Waals surface area contributed by atoms with Crippen molar-refractivity contribution in [2.45, 2.75) is 77.7 Å². The lowest BCUT2D eigenvalue weighted by atomic mass is 9.99. The van der Waals surface area contributed by atoms with Crippen molar-refractivity contribution in [3.63, 3.8) is 0 Å². The molecule has 1 aliphatic rings. The summed E-state index contributed by atoms with van der Waals surface area (Å²) in [5.41, 5.74) is 7.48. The number of fused-ring (bicyclic) bond motifs is 2. The zero-order valence-electron chi connectivity index (χ0n) is 23.3. The molecule has 2 aromatic carbocycles. The van der Waals surface area contributed by atoms with Crippen molar-refractivity contribution >= 4 is 24.9 Å².